The number of carbonyl (C=O) groups is 1. The number of halogens is 1. The van der Waals surface area contributed by atoms with Gasteiger partial charge >= 0.3 is 0 Å². The van der Waals surface area contributed by atoms with Gasteiger partial charge in [0.1, 0.15) is 11.6 Å². The second-order valence-corrected chi connectivity index (χ2v) is 9.21. The molecule has 3 aromatic rings. The normalized spacial score (nSPS) is 17.5. The number of aromatic nitrogens is 2. The maximum absolute atomic E-state index is 13.2. The fraction of sp³-hybridized carbons (Fsp3) is 0.208. The van der Waals surface area contributed by atoms with E-state index in [4.69, 9.17) is 11.6 Å². The van der Waals surface area contributed by atoms with Gasteiger partial charge in [0.05, 0.1) is 5.56 Å². The van der Waals surface area contributed by atoms with E-state index in [-0.39, 0.29) is 17.1 Å². The predicted octanol–water partition coefficient (Wildman–Crippen LogP) is 4.99. The number of nitrogens with zero attached hydrogens (tertiary/aromatic N) is 1. The highest BCUT2D eigenvalue weighted by atomic mass is 35.5. The minimum absolute atomic E-state index is 0.0225. The van der Waals surface area contributed by atoms with Crippen molar-refractivity contribution in [1.82, 2.24) is 9.97 Å². The first kappa shape index (κ1) is 20.8. The first-order valence-corrected chi connectivity index (χ1v) is 11.7. The summed E-state index contributed by atoms with van der Waals surface area (Å²) in [6.45, 7) is 0. The molecular weight excluding hydrogens is 446 g/mol. The van der Waals surface area contributed by atoms with E-state index in [2.05, 4.69) is 15.3 Å². The molecule has 3 N–H and O–H groups in total. The van der Waals surface area contributed by atoms with Crippen molar-refractivity contribution in [3.63, 3.8) is 0 Å². The number of phenols is 1. The number of thioether (sulfide) groups is 1. The van der Waals surface area contributed by atoms with Gasteiger partial charge in [-0.1, -0.05) is 53.7 Å². The summed E-state index contributed by atoms with van der Waals surface area (Å²) in [5, 5.41) is 14.4. The Bertz CT molecular complexity index is 1320. The SMILES string of the molecule is O=C1CCCC2=C1C(c1cccc(O)c1)c1c(nc(SCc3ccccc3Cl)[nH]c1=O)N2. The first-order valence-electron chi connectivity index (χ1n) is 10.3. The highest BCUT2D eigenvalue weighted by Gasteiger charge is 2.37. The predicted molar refractivity (Wildman–Crippen MR) is 125 cm³/mol. The van der Waals surface area contributed by atoms with Crippen LogP contribution in [0.1, 0.15) is 41.9 Å². The minimum Gasteiger partial charge on any atom is -0.508 e. The second-order valence-electron chi connectivity index (χ2n) is 7.84. The van der Waals surface area contributed by atoms with Gasteiger partial charge in [-0.25, -0.2) is 4.98 Å². The molecule has 0 spiro atoms. The summed E-state index contributed by atoms with van der Waals surface area (Å²) in [5.41, 5.74) is 3.14. The van der Waals surface area contributed by atoms with Gasteiger partial charge in [0.15, 0.2) is 10.9 Å². The molecule has 162 valence electrons. The lowest BCUT2D eigenvalue weighted by atomic mass is 9.76. The average Bonchev–Trinajstić information content (AvgIpc) is 2.77. The number of nitrogens with one attached hydrogen (secondary N) is 2. The molecular formula is C24H20ClN3O3S. The van der Waals surface area contributed by atoms with Crippen molar-refractivity contribution < 1.29 is 9.90 Å². The van der Waals surface area contributed by atoms with Crippen molar-refractivity contribution >= 4 is 35.0 Å². The molecule has 32 heavy (non-hydrogen) atoms. The quantitative estimate of drug-likeness (QED) is 0.371. The molecule has 0 saturated heterocycles. The topological polar surface area (TPSA) is 95.1 Å². The molecule has 1 atom stereocenters. The Morgan fingerprint density at radius 2 is 1.97 bits per heavy atom. The Labute approximate surface area is 193 Å². The van der Waals surface area contributed by atoms with E-state index in [1.54, 1.807) is 18.2 Å². The lowest BCUT2D eigenvalue weighted by molar-refractivity contribution is -0.116. The van der Waals surface area contributed by atoms with Crippen molar-refractivity contribution in [2.75, 3.05) is 5.32 Å². The van der Waals surface area contributed by atoms with E-state index in [0.29, 0.717) is 51.3 Å². The van der Waals surface area contributed by atoms with Gasteiger partial charge in [0, 0.05) is 34.4 Å². The number of ketones is 1. The van der Waals surface area contributed by atoms with Crippen LogP contribution < -0.4 is 10.9 Å². The zero-order valence-corrected chi connectivity index (χ0v) is 18.6. The van der Waals surface area contributed by atoms with Crippen molar-refractivity contribution in [2.24, 2.45) is 0 Å². The first-order chi connectivity index (χ1) is 15.5. The molecule has 2 heterocycles. The fourth-order valence-corrected chi connectivity index (χ4v) is 5.45. The third kappa shape index (κ3) is 3.82. The molecule has 2 aromatic carbocycles. The number of H-pyrrole nitrogens is 1. The lowest BCUT2D eigenvalue weighted by Crippen LogP contribution is -2.32. The van der Waals surface area contributed by atoms with Crippen LogP contribution in [0.15, 0.2) is 69.8 Å². The van der Waals surface area contributed by atoms with E-state index in [9.17, 15) is 14.7 Å². The maximum atomic E-state index is 13.2. The molecule has 0 radical (unpaired) electrons. The van der Waals surface area contributed by atoms with E-state index in [0.717, 1.165) is 17.7 Å². The molecule has 2 aliphatic rings. The fourth-order valence-electron chi connectivity index (χ4n) is 4.31. The van der Waals surface area contributed by atoms with Crippen LogP contribution in [0.3, 0.4) is 0 Å². The Hall–Kier alpha value is -3.03. The Morgan fingerprint density at radius 1 is 1.12 bits per heavy atom. The van der Waals surface area contributed by atoms with Crippen molar-refractivity contribution in [2.45, 2.75) is 36.1 Å². The van der Waals surface area contributed by atoms with Gasteiger partial charge in [-0.05, 0) is 42.2 Å². The molecule has 6 nitrogen and oxygen atoms in total. The summed E-state index contributed by atoms with van der Waals surface area (Å²) in [6, 6.07) is 14.3. The van der Waals surface area contributed by atoms with Gasteiger partial charge in [-0.2, -0.15) is 0 Å². The summed E-state index contributed by atoms with van der Waals surface area (Å²) in [7, 11) is 0. The number of hydrogen-bond donors (Lipinski definition) is 3. The Balaban J connectivity index is 1.57. The molecule has 1 aromatic heterocycles. The number of rotatable bonds is 4. The number of hydrogen-bond acceptors (Lipinski definition) is 6. The van der Waals surface area contributed by atoms with Crippen LogP contribution in [0, 0.1) is 0 Å². The highest BCUT2D eigenvalue weighted by molar-refractivity contribution is 7.98. The molecule has 5 rings (SSSR count). The summed E-state index contributed by atoms with van der Waals surface area (Å²) in [6.07, 6.45) is 1.92. The monoisotopic (exact) mass is 465 g/mol. The lowest BCUT2D eigenvalue weighted by Gasteiger charge is -2.32. The van der Waals surface area contributed by atoms with Crippen LogP contribution in [-0.4, -0.2) is 20.9 Å². The van der Waals surface area contributed by atoms with Crippen LogP contribution in [0.5, 0.6) is 5.75 Å². The third-order valence-electron chi connectivity index (χ3n) is 5.76. The number of fused-ring (bicyclic) bond motifs is 1. The highest BCUT2D eigenvalue weighted by Crippen LogP contribution is 2.44. The summed E-state index contributed by atoms with van der Waals surface area (Å²) >= 11 is 7.64. The molecule has 8 heteroatoms. The van der Waals surface area contributed by atoms with Crippen LogP contribution in [0.4, 0.5) is 5.82 Å². The number of aromatic hydroxyl groups is 1. The standard InChI is InChI=1S/C24H20ClN3O3S/c25-16-8-2-1-5-14(16)12-32-24-27-22-21(23(31)28-24)19(13-6-3-7-15(29)11-13)20-17(26-22)9-4-10-18(20)30/h1-3,5-8,11,19,29H,4,9-10,12H2,(H2,26,27,28,31). The van der Waals surface area contributed by atoms with E-state index in [1.807, 2.05) is 30.3 Å². The molecule has 0 bridgehead atoms. The number of Topliss-reactive ketones (excluding diaryl/α,β-unsaturated/α-hetero) is 1. The largest absolute Gasteiger partial charge is 0.508 e. The van der Waals surface area contributed by atoms with Crippen LogP contribution >= 0.6 is 23.4 Å². The summed E-state index contributed by atoms with van der Waals surface area (Å²) in [4.78, 5) is 33.7. The van der Waals surface area contributed by atoms with Gasteiger partial charge in [-0.3, -0.25) is 9.59 Å². The number of carbonyl (C=O) groups excluding carboxylic acids is 1. The molecule has 0 fully saturated rings. The van der Waals surface area contributed by atoms with E-state index in [1.165, 1.54) is 11.8 Å². The third-order valence-corrected chi connectivity index (χ3v) is 7.05. The molecule has 0 amide bonds. The van der Waals surface area contributed by atoms with Crippen LogP contribution in [0.2, 0.25) is 5.02 Å². The molecule has 1 aliphatic heterocycles. The van der Waals surface area contributed by atoms with E-state index >= 15 is 0 Å². The number of phenolic OH excluding ortho intramolecular Hbond substituents is 1. The zero-order valence-electron chi connectivity index (χ0n) is 17.0. The van der Waals surface area contributed by atoms with Crippen LogP contribution in [-0.2, 0) is 10.5 Å². The average molecular weight is 466 g/mol. The minimum atomic E-state index is -0.569. The molecule has 0 saturated carbocycles. The Kier molecular flexibility index (Phi) is 5.53. The van der Waals surface area contributed by atoms with Crippen molar-refractivity contribution in [3.8, 4) is 5.75 Å². The molecule has 1 aliphatic carbocycles. The summed E-state index contributed by atoms with van der Waals surface area (Å²) < 4.78 is 0. The second kappa shape index (κ2) is 8.48. The number of allylic oxidation sites excluding steroid dienone is 2. The maximum Gasteiger partial charge on any atom is 0.257 e. The van der Waals surface area contributed by atoms with Gasteiger partial charge in [-0.15, -0.1) is 0 Å². The number of benzene rings is 2. The van der Waals surface area contributed by atoms with Gasteiger partial charge in [0.25, 0.3) is 5.56 Å². The summed E-state index contributed by atoms with van der Waals surface area (Å²) in [5.74, 6) is 0.555. The smallest absolute Gasteiger partial charge is 0.257 e. The van der Waals surface area contributed by atoms with Gasteiger partial charge < -0.3 is 15.4 Å². The van der Waals surface area contributed by atoms with Crippen LogP contribution in [0.25, 0.3) is 0 Å². The zero-order chi connectivity index (χ0) is 22.2. The number of aromatic amines is 1. The Morgan fingerprint density at radius 3 is 2.78 bits per heavy atom. The molecule has 1 unspecified atom stereocenters. The number of anilines is 1. The van der Waals surface area contributed by atoms with Crippen molar-refractivity contribution in [3.05, 3.63) is 91.9 Å². The van der Waals surface area contributed by atoms with E-state index < -0.39 is 5.92 Å². The van der Waals surface area contributed by atoms with Crippen molar-refractivity contribution in [1.29, 1.82) is 0 Å². The van der Waals surface area contributed by atoms with Gasteiger partial charge in [0.2, 0.25) is 0 Å².